The molecule has 0 saturated carbocycles. The SMILES string of the molecule is CCC1(C(C)(C)C)C(=O)N(Cc2ccc(F)cc2)Cc2cncn21. The summed E-state index contributed by atoms with van der Waals surface area (Å²) in [4.78, 5) is 19.6. The zero-order valence-corrected chi connectivity index (χ0v) is 14.7. The van der Waals surface area contributed by atoms with Crippen molar-refractivity contribution in [2.24, 2.45) is 5.41 Å². The van der Waals surface area contributed by atoms with Gasteiger partial charge in [0.15, 0.2) is 0 Å². The first-order chi connectivity index (χ1) is 11.3. The number of amides is 1. The fourth-order valence-electron chi connectivity index (χ4n) is 3.89. The Morgan fingerprint density at radius 2 is 1.92 bits per heavy atom. The minimum Gasteiger partial charge on any atom is -0.330 e. The number of rotatable bonds is 3. The molecule has 2 heterocycles. The minimum atomic E-state index is -0.656. The smallest absolute Gasteiger partial charge is 0.250 e. The van der Waals surface area contributed by atoms with Crippen molar-refractivity contribution in [1.82, 2.24) is 14.5 Å². The van der Waals surface area contributed by atoms with Crippen LogP contribution in [0.5, 0.6) is 0 Å². The molecule has 0 aliphatic carbocycles. The largest absolute Gasteiger partial charge is 0.330 e. The molecule has 0 radical (unpaired) electrons. The van der Waals surface area contributed by atoms with E-state index >= 15 is 0 Å². The van der Waals surface area contributed by atoms with Crippen molar-refractivity contribution in [1.29, 1.82) is 0 Å². The number of carbonyl (C=O) groups is 1. The number of aromatic nitrogens is 2. The second-order valence-electron chi connectivity index (χ2n) is 7.51. The zero-order valence-electron chi connectivity index (χ0n) is 14.7. The number of hydrogen-bond donors (Lipinski definition) is 0. The van der Waals surface area contributed by atoms with Crippen LogP contribution in [0.1, 0.15) is 45.4 Å². The van der Waals surface area contributed by atoms with E-state index in [2.05, 4.69) is 30.3 Å². The van der Waals surface area contributed by atoms with Gasteiger partial charge in [-0.05, 0) is 29.5 Å². The van der Waals surface area contributed by atoms with Gasteiger partial charge in [0.2, 0.25) is 5.91 Å². The monoisotopic (exact) mass is 329 g/mol. The molecule has 0 N–H and O–H groups in total. The van der Waals surface area contributed by atoms with Crippen molar-refractivity contribution in [2.75, 3.05) is 0 Å². The number of fused-ring (bicyclic) bond motifs is 1. The molecule has 0 fully saturated rings. The lowest BCUT2D eigenvalue weighted by atomic mass is 9.69. The Labute approximate surface area is 142 Å². The fourth-order valence-corrected chi connectivity index (χ4v) is 3.89. The minimum absolute atomic E-state index is 0.104. The molecule has 1 amide bonds. The Bertz CT molecular complexity index is 745. The molecule has 0 saturated heterocycles. The van der Waals surface area contributed by atoms with Crippen LogP contribution in [-0.2, 0) is 23.4 Å². The van der Waals surface area contributed by atoms with Gasteiger partial charge < -0.3 is 9.47 Å². The van der Waals surface area contributed by atoms with Crippen molar-refractivity contribution >= 4 is 5.91 Å². The summed E-state index contributed by atoms with van der Waals surface area (Å²) in [5.41, 5.74) is 1.05. The third-order valence-corrected chi connectivity index (χ3v) is 5.16. The lowest BCUT2D eigenvalue weighted by Gasteiger charge is -2.50. The molecular weight excluding hydrogens is 305 g/mol. The van der Waals surface area contributed by atoms with Crippen molar-refractivity contribution in [3.05, 3.63) is 53.9 Å². The maximum absolute atomic E-state index is 13.5. The molecule has 1 aliphatic heterocycles. The molecule has 5 heteroatoms. The Balaban J connectivity index is 2.03. The van der Waals surface area contributed by atoms with Crippen LogP contribution < -0.4 is 0 Å². The van der Waals surface area contributed by atoms with E-state index in [1.54, 1.807) is 18.5 Å². The van der Waals surface area contributed by atoms with Gasteiger partial charge >= 0.3 is 0 Å². The number of imidazole rings is 1. The van der Waals surface area contributed by atoms with E-state index in [1.165, 1.54) is 12.1 Å². The highest BCUT2D eigenvalue weighted by atomic mass is 19.1. The van der Waals surface area contributed by atoms with E-state index in [9.17, 15) is 9.18 Å². The quantitative estimate of drug-likeness (QED) is 0.861. The highest BCUT2D eigenvalue weighted by Crippen LogP contribution is 2.45. The summed E-state index contributed by atoms with van der Waals surface area (Å²) < 4.78 is 15.2. The lowest BCUT2D eigenvalue weighted by molar-refractivity contribution is -0.152. The number of nitrogens with zero attached hydrogens (tertiary/aromatic N) is 3. The predicted octanol–water partition coefficient (Wildman–Crippen LogP) is 3.72. The highest BCUT2D eigenvalue weighted by molar-refractivity contribution is 5.86. The van der Waals surface area contributed by atoms with Crippen LogP contribution in [-0.4, -0.2) is 20.4 Å². The first-order valence-corrected chi connectivity index (χ1v) is 8.35. The molecule has 2 aromatic rings. The first kappa shape index (κ1) is 16.7. The normalized spacial score (nSPS) is 21.0. The lowest BCUT2D eigenvalue weighted by Crippen LogP contribution is -2.60. The average molecular weight is 329 g/mol. The van der Waals surface area contributed by atoms with Crippen LogP contribution in [0.2, 0.25) is 0 Å². The number of halogens is 1. The van der Waals surface area contributed by atoms with Gasteiger partial charge in [-0.2, -0.15) is 0 Å². The van der Waals surface area contributed by atoms with Crippen molar-refractivity contribution in [2.45, 2.75) is 52.7 Å². The Morgan fingerprint density at radius 3 is 2.50 bits per heavy atom. The summed E-state index contributed by atoms with van der Waals surface area (Å²) in [6.45, 7) is 9.34. The van der Waals surface area contributed by atoms with Crippen LogP contribution in [0.15, 0.2) is 36.8 Å². The van der Waals surface area contributed by atoms with Crippen LogP contribution in [0.25, 0.3) is 0 Å². The number of hydrogen-bond acceptors (Lipinski definition) is 2. The van der Waals surface area contributed by atoms with Crippen molar-refractivity contribution in [3.8, 4) is 0 Å². The molecule has 0 spiro atoms. The third-order valence-electron chi connectivity index (χ3n) is 5.16. The van der Waals surface area contributed by atoms with Gasteiger partial charge in [0.25, 0.3) is 0 Å². The summed E-state index contributed by atoms with van der Waals surface area (Å²) in [6.07, 6.45) is 4.30. The summed E-state index contributed by atoms with van der Waals surface area (Å²) in [5, 5.41) is 0. The predicted molar refractivity (Wildman–Crippen MR) is 90.6 cm³/mol. The van der Waals surface area contributed by atoms with Gasteiger partial charge in [-0.15, -0.1) is 0 Å². The fraction of sp³-hybridized carbons (Fsp3) is 0.474. The Hall–Kier alpha value is -2.17. The van der Waals surface area contributed by atoms with Crippen molar-refractivity contribution in [3.63, 3.8) is 0 Å². The first-order valence-electron chi connectivity index (χ1n) is 8.35. The standard InChI is InChI=1S/C19H24FN3O/c1-5-19(18(2,3)4)17(24)22(12-16-10-21-13-23(16)19)11-14-6-8-15(20)9-7-14/h6-10,13H,5,11-12H2,1-4H3. The van der Waals surface area contributed by atoms with Gasteiger partial charge in [-0.25, -0.2) is 9.37 Å². The van der Waals surface area contributed by atoms with Gasteiger partial charge in [0, 0.05) is 12.7 Å². The molecular formula is C19H24FN3O. The molecule has 128 valence electrons. The second kappa shape index (κ2) is 5.72. The van der Waals surface area contributed by atoms with E-state index in [1.807, 2.05) is 18.0 Å². The van der Waals surface area contributed by atoms with Crippen molar-refractivity contribution < 1.29 is 9.18 Å². The van der Waals surface area contributed by atoms with E-state index in [-0.39, 0.29) is 17.1 Å². The van der Waals surface area contributed by atoms with E-state index in [0.717, 1.165) is 11.3 Å². The molecule has 1 atom stereocenters. The Morgan fingerprint density at radius 1 is 1.25 bits per heavy atom. The summed E-state index contributed by atoms with van der Waals surface area (Å²) in [6, 6.07) is 6.34. The zero-order chi connectivity index (χ0) is 17.5. The molecule has 3 rings (SSSR count). The summed E-state index contributed by atoms with van der Waals surface area (Å²) in [7, 11) is 0. The molecule has 1 aromatic heterocycles. The van der Waals surface area contributed by atoms with Gasteiger partial charge in [0.05, 0.1) is 18.6 Å². The molecule has 0 bridgehead atoms. The van der Waals surface area contributed by atoms with Crippen LogP contribution in [0.4, 0.5) is 4.39 Å². The molecule has 24 heavy (non-hydrogen) atoms. The summed E-state index contributed by atoms with van der Waals surface area (Å²) in [5.74, 6) is -0.160. The van der Waals surface area contributed by atoms with E-state index in [4.69, 9.17) is 0 Å². The van der Waals surface area contributed by atoms with Crippen LogP contribution in [0, 0.1) is 11.2 Å². The molecule has 1 aromatic carbocycles. The third kappa shape index (κ3) is 2.43. The van der Waals surface area contributed by atoms with Gasteiger partial charge in [-0.3, -0.25) is 4.79 Å². The van der Waals surface area contributed by atoms with Gasteiger partial charge in [0.1, 0.15) is 11.4 Å². The average Bonchev–Trinajstić information content (AvgIpc) is 2.97. The highest BCUT2D eigenvalue weighted by Gasteiger charge is 2.53. The maximum Gasteiger partial charge on any atom is 0.250 e. The van der Waals surface area contributed by atoms with E-state index in [0.29, 0.717) is 19.5 Å². The topological polar surface area (TPSA) is 38.1 Å². The van der Waals surface area contributed by atoms with Gasteiger partial charge in [-0.1, -0.05) is 39.8 Å². The van der Waals surface area contributed by atoms with Crippen LogP contribution in [0.3, 0.4) is 0 Å². The number of benzene rings is 1. The van der Waals surface area contributed by atoms with Crippen LogP contribution >= 0.6 is 0 Å². The van der Waals surface area contributed by atoms with E-state index < -0.39 is 5.54 Å². The maximum atomic E-state index is 13.5. The molecule has 1 aliphatic rings. The molecule has 1 unspecified atom stereocenters. The summed E-state index contributed by atoms with van der Waals surface area (Å²) >= 11 is 0. The second-order valence-corrected chi connectivity index (χ2v) is 7.51. The molecule has 4 nitrogen and oxygen atoms in total. The Kier molecular flexibility index (Phi) is 3.98. The number of carbonyl (C=O) groups excluding carboxylic acids is 1.